The number of ether oxygens (including phenoxy) is 2. The summed E-state index contributed by atoms with van der Waals surface area (Å²) in [5.74, 6) is -1.65. The monoisotopic (exact) mass is 539 g/mol. The maximum atomic E-state index is 13.0. The molecule has 0 spiro atoms. The molecule has 0 aromatic heterocycles. The molecule has 3 aromatic carbocycles. The zero-order chi connectivity index (χ0) is 28.0. The number of alkyl halides is 6. The van der Waals surface area contributed by atoms with Gasteiger partial charge in [0.05, 0.1) is 0 Å². The second-order valence-corrected chi connectivity index (χ2v) is 8.92. The van der Waals surface area contributed by atoms with Crippen molar-refractivity contribution >= 4 is 5.91 Å². The van der Waals surface area contributed by atoms with E-state index in [2.05, 4.69) is 14.8 Å². The Morgan fingerprint density at radius 2 is 1.29 bits per heavy atom. The average Bonchev–Trinajstić information content (AvgIpc) is 2.84. The van der Waals surface area contributed by atoms with Crippen molar-refractivity contribution in [3.63, 3.8) is 0 Å². The lowest BCUT2D eigenvalue weighted by Gasteiger charge is -2.36. The van der Waals surface area contributed by atoms with E-state index in [1.165, 1.54) is 24.3 Å². The molecule has 3 aromatic rings. The third-order valence-electron chi connectivity index (χ3n) is 6.21. The third kappa shape index (κ3) is 7.90. The standard InChI is InChI=1S/C28H27F6NO3/c1-3-19(2)25(36)35-18-26(17-20-9-5-4-6-10-20,21-11-7-13-23(15-21)37-27(29,30)31)22-12-8-14-24(16-22)38-28(32,33)34/h4-16,19H,3,17-18H2,1-2H3,(H,35,36). The Bertz CT molecular complexity index is 1150. The number of hydrogen-bond donors (Lipinski definition) is 1. The maximum absolute atomic E-state index is 13.0. The summed E-state index contributed by atoms with van der Waals surface area (Å²) in [6.07, 6.45) is -9.22. The molecular weight excluding hydrogens is 512 g/mol. The number of carbonyl (C=O) groups is 1. The van der Waals surface area contributed by atoms with Gasteiger partial charge in [-0.2, -0.15) is 0 Å². The number of hydrogen-bond acceptors (Lipinski definition) is 3. The second-order valence-electron chi connectivity index (χ2n) is 8.92. The van der Waals surface area contributed by atoms with Crippen LogP contribution in [0.4, 0.5) is 26.3 Å². The van der Waals surface area contributed by atoms with Crippen LogP contribution in [-0.2, 0) is 16.6 Å². The van der Waals surface area contributed by atoms with Crippen LogP contribution in [0.2, 0.25) is 0 Å². The number of halogens is 6. The summed E-state index contributed by atoms with van der Waals surface area (Å²) < 4.78 is 86.4. The van der Waals surface area contributed by atoms with Gasteiger partial charge in [-0.25, -0.2) is 0 Å². The molecule has 0 radical (unpaired) electrons. The van der Waals surface area contributed by atoms with Crippen molar-refractivity contribution in [1.82, 2.24) is 5.32 Å². The highest BCUT2D eigenvalue weighted by molar-refractivity contribution is 5.78. The highest BCUT2D eigenvalue weighted by Gasteiger charge is 2.38. The first kappa shape index (κ1) is 28.9. The van der Waals surface area contributed by atoms with Crippen LogP contribution < -0.4 is 14.8 Å². The van der Waals surface area contributed by atoms with Gasteiger partial charge in [-0.1, -0.05) is 68.4 Å². The van der Waals surface area contributed by atoms with Crippen molar-refractivity contribution in [2.45, 2.75) is 44.8 Å². The average molecular weight is 540 g/mol. The molecule has 0 bridgehead atoms. The van der Waals surface area contributed by atoms with Crippen LogP contribution in [-0.4, -0.2) is 25.2 Å². The highest BCUT2D eigenvalue weighted by atomic mass is 19.4. The fraction of sp³-hybridized carbons (Fsp3) is 0.321. The number of amides is 1. The molecule has 38 heavy (non-hydrogen) atoms. The molecule has 0 heterocycles. The van der Waals surface area contributed by atoms with E-state index in [4.69, 9.17) is 0 Å². The molecule has 10 heteroatoms. The minimum atomic E-state index is -4.95. The molecule has 1 unspecified atom stereocenters. The number of rotatable bonds is 10. The lowest BCUT2D eigenvalue weighted by molar-refractivity contribution is -0.275. The molecular formula is C28H27F6NO3. The van der Waals surface area contributed by atoms with Crippen LogP contribution in [0.15, 0.2) is 78.9 Å². The number of carbonyl (C=O) groups excluding carboxylic acids is 1. The summed E-state index contributed by atoms with van der Waals surface area (Å²) in [7, 11) is 0. The third-order valence-corrected chi connectivity index (χ3v) is 6.21. The Kier molecular flexibility index (Phi) is 8.96. The number of nitrogens with one attached hydrogen (secondary N) is 1. The summed E-state index contributed by atoms with van der Waals surface area (Å²) >= 11 is 0. The molecule has 3 rings (SSSR count). The summed E-state index contributed by atoms with van der Waals surface area (Å²) in [5, 5.41) is 2.86. The minimum Gasteiger partial charge on any atom is -0.406 e. The first-order valence-electron chi connectivity index (χ1n) is 11.9. The van der Waals surface area contributed by atoms with E-state index in [0.29, 0.717) is 17.5 Å². The van der Waals surface area contributed by atoms with Gasteiger partial charge in [0.1, 0.15) is 11.5 Å². The Hall–Kier alpha value is -3.69. The fourth-order valence-electron chi connectivity index (χ4n) is 4.16. The van der Waals surface area contributed by atoms with Gasteiger partial charge in [0.2, 0.25) is 5.91 Å². The van der Waals surface area contributed by atoms with E-state index in [1.807, 2.05) is 6.92 Å². The number of benzene rings is 3. The first-order chi connectivity index (χ1) is 17.8. The van der Waals surface area contributed by atoms with E-state index < -0.39 is 29.6 Å². The van der Waals surface area contributed by atoms with Gasteiger partial charge in [0.15, 0.2) is 0 Å². The van der Waals surface area contributed by atoms with Crippen molar-refractivity contribution in [3.05, 3.63) is 95.6 Å². The molecule has 204 valence electrons. The predicted molar refractivity (Wildman–Crippen MR) is 130 cm³/mol. The summed E-state index contributed by atoms with van der Waals surface area (Å²) in [6.45, 7) is 3.44. The summed E-state index contributed by atoms with van der Waals surface area (Å²) in [5.41, 5.74) is 0.0587. The second kappa shape index (κ2) is 11.8. The molecule has 1 N–H and O–H groups in total. The maximum Gasteiger partial charge on any atom is 0.573 e. The quantitative estimate of drug-likeness (QED) is 0.278. The normalized spacial score (nSPS) is 13.1. The van der Waals surface area contributed by atoms with Crippen molar-refractivity contribution < 1.29 is 40.6 Å². The van der Waals surface area contributed by atoms with Gasteiger partial charge in [0.25, 0.3) is 0 Å². The Morgan fingerprint density at radius 3 is 1.74 bits per heavy atom. The zero-order valence-electron chi connectivity index (χ0n) is 20.7. The molecule has 0 fully saturated rings. The molecule has 0 saturated heterocycles. The van der Waals surface area contributed by atoms with Gasteiger partial charge >= 0.3 is 12.7 Å². The van der Waals surface area contributed by atoms with Crippen LogP contribution >= 0.6 is 0 Å². The smallest absolute Gasteiger partial charge is 0.406 e. The molecule has 0 aliphatic heterocycles. The summed E-state index contributed by atoms with van der Waals surface area (Å²) in [6, 6.07) is 19.4. The lowest BCUT2D eigenvalue weighted by atomic mass is 9.70. The Labute approximate surface area is 216 Å². The van der Waals surface area contributed by atoms with Crippen molar-refractivity contribution in [3.8, 4) is 11.5 Å². The van der Waals surface area contributed by atoms with Gasteiger partial charge in [-0.15, -0.1) is 26.3 Å². The molecule has 4 nitrogen and oxygen atoms in total. The first-order valence-corrected chi connectivity index (χ1v) is 11.9. The SMILES string of the molecule is CCC(C)C(=O)NCC(Cc1ccccc1)(c1cccc(OC(F)(F)F)c1)c1cccc(OC(F)(F)F)c1. The van der Waals surface area contributed by atoms with E-state index >= 15 is 0 Å². The van der Waals surface area contributed by atoms with Crippen LogP contribution in [0.1, 0.15) is 37.0 Å². The minimum absolute atomic E-state index is 0.115. The lowest BCUT2D eigenvalue weighted by Crippen LogP contribution is -2.45. The Morgan fingerprint density at radius 1 is 0.789 bits per heavy atom. The van der Waals surface area contributed by atoms with E-state index in [0.717, 1.165) is 17.7 Å². The van der Waals surface area contributed by atoms with Crippen molar-refractivity contribution in [2.24, 2.45) is 5.92 Å². The topological polar surface area (TPSA) is 47.6 Å². The largest absolute Gasteiger partial charge is 0.573 e. The molecule has 0 aliphatic carbocycles. The van der Waals surface area contributed by atoms with E-state index in [-0.39, 0.29) is 24.8 Å². The highest BCUT2D eigenvalue weighted by Crippen LogP contribution is 2.40. The molecule has 0 aliphatic rings. The molecule has 1 atom stereocenters. The van der Waals surface area contributed by atoms with Crippen LogP contribution in [0.5, 0.6) is 11.5 Å². The van der Waals surface area contributed by atoms with E-state index in [9.17, 15) is 31.1 Å². The zero-order valence-corrected chi connectivity index (χ0v) is 20.7. The molecule has 0 saturated carbocycles. The van der Waals surface area contributed by atoms with Crippen LogP contribution in [0.3, 0.4) is 0 Å². The van der Waals surface area contributed by atoms with E-state index in [1.54, 1.807) is 49.4 Å². The van der Waals surface area contributed by atoms with Crippen molar-refractivity contribution in [2.75, 3.05) is 6.54 Å². The fourth-order valence-corrected chi connectivity index (χ4v) is 4.16. The Balaban J connectivity index is 2.22. The summed E-state index contributed by atoms with van der Waals surface area (Å²) in [4.78, 5) is 12.8. The van der Waals surface area contributed by atoms with Crippen LogP contribution in [0.25, 0.3) is 0 Å². The molecule has 1 amide bonds. The van der Waals surface area contributed by atoms with Crippen LogP contribution in [0, 0.1) is 5.92 Å². The van der Waals surface area contributed by atoms with Gasteiger partial charge in [0, 0.05) is 17.9 Å². The van der Waals surface area contributed by atoms with Crippen molar-refractivity contribution in [1.29, 1.82) is 0 Å². The van der Waals surface area contributed by atoms with Gasteiger partial charge in [-0.3, -0.25) is 4.79 Å². The van der Waals surface area contributed by atoms with Gasteiger partial charge in [-0.05, 0) is 53.8 Å². The predicted octanol–water partition coefficient (Wildman–Crippen LogP) is 7.17. The van der Waals surface area contributed by atoms with Gasteiger partial charge < -0.3 is 14.8 Å².